The van der Waals surface area contributed by atoms with Gasteiger partial charge < -0.3 is 14.8 Å². The molecule has 0 aromatic carbocycles. The second kappa shape index (κ2) is 4.30. The number of hydrogen-bond donors (Lipinski definition) is 2. The minimum Gasteiger partial charge on any atom is -0.458 e. The molecule has 0 fully saturated rings. The lowest BCUT2D eigenvalue weighted by molar-refractivity contribution is 0.0894. The number of amides is 1. The lowest BCUT2D eigenvalue weighted by Crippen LogP contribution is -2.34. The molecule has 1 rings (SSSR count). The molecule has 1 aromatic rings. The maximum atomic E-state index is 11.3. The molecule has 2 N–H and O–H groups in total. The first kappa shape index (κ1) is 10.1. The average molecular weight is 204 g/mol. The fourth-order valence-corrected chi connectivity index (χ4v) is 0.973. The number of hydrogen-bond acceptors (Lipinski definition) is 3. The van der Waals surface area contributed by atoms with Crippen molar-refractivity contribution in [3.05, 3.63) is 23.1 Å². The van der Waals surface area contributed by atoms with Crippen LogP contribution in [0.4, 0.5) is 0 Å². The predicted molar refractivity (Wildman–Crippen MR) is 47.7 cm³/mol. The molecular formula is C8H10ClNO3. The topological polar surface area (TPSA) is 62.5 Å². The maximum absolute atomic E-state index is 11.3. The van der Waals surface area contributed by atoms with Crippen molar-refractivity contribution in [1.29, 1.82) is 0 Å². The van der Waals surface area contributed by atoms with Gasteiger partial charge in [0, 0.05) is 6.04 Å². The van der Waals surface area contributed by atoms with E-state index in [4.69, 9.17) is 21.1 Å². The molecule has 0 aliphatic heterocycles. The van der Waals surface area contributed by atoms with E-state index in [0.29, 0.717) is 0 Å². The van der Waals surface area contributed by atoms with Crippen molar-refractivity contribution >= 4 is 17.5 Å². The first-order valence-electron chi connectivity index (χ1n) is 3.80. The van der Waals surface area contributed by atoms with Crippen molar-refractivity contribution < 1.29 is 14.3 Å². The average Bonchev–Trinajstić information content (AvgIpc) is 2.51. The summed E-state index contributed by atoms with van der Waals surface area (Å²) in [6.45, 7) is 1.55. The predicted octanol–water partition coefficient (Wildman–Crippen LogP) is 1.04. The Morgan fingerprint density at radius 3 is 3.00 bits per heavy atom. The van der Waals surface area contributed by atoms with Crippen LogP contribution in [0.2, 0.25) is 5.02 Å². The number of furan rings is 1. The van der Waals surface area contributed by atoms with E-state index < -0.39 is 5.91 Å². The Bertz CT molecular complexity index is 297. The summed E-state index contributed by atoms with van der Waals surface area (Å²) in [5.41, 5.74) is 0. The van der Waals surface area contributed by atoms with Crippen molar-refractivity contribution in [1.82, 2.24) is 5.32 Å². The molecule has 0 saturated heterocycles. The van der Waals surface area contributed by atoms with Gasteiger partial charge in [0.15, 0.2) is 0 Å². The number of aliphatic hydroxyl groups excluding tert-OH is 1. The Kier molecular flexibility index (Phi) is 3.33. The Labute approximate surface area is 80.5 Å². The Morgan fingerprint density at radius 1 is 1.85 bits per heavy atom. The molecule has 1 amide bonds. The number of carbonyl (C=O) groups is 1. The smallest absolute Gasteiger partial charge is 0.288 e. The quantitative estimate of drug-likeness (QED) is 0.772. The lowest BCUT2D eigenvalue weighted by atomic mass is 10.3. The van der Waals surface area contributed by atoms with Crippen molar-refractivity contribution in [2.45, 2.75) is 13.0 Å². The SMILES string of the molecule is CC(CO)NC(=O)c1occc1Cl. The number of carbonyl (C=O) groups excluding carboxylic acids is 1. The van der Waals surface area contributed by atoms with Gasteiger partial charge in [0.2, 0.25) is 5.76 Å². The molecule has 1 atom stereocenters. The fourth-order valence-electron chi connectivity index (χ4n) is 0.791. The van der Waals surface area contributed by atoms with Gasteiger partial charge in [-0.1, -0.05) is 11.6 Å². The zero-order chi connectivity index (χ0) is 9.84. The molecule has 72 valence electrons. The Morgan fingerprint density at radius 2 is 2.54 bits per heavy atom. The minimum absolute atomic E-state index is 0.0713. The van der Waals surface area contributed by atoms with E-state index in [1.165, 1.54) is 12.3 Å². The summed E-state index contributed by atoms with van der Waals surface area (Å²) < 4.78 is 4.85. The van der Waals surface area contributed by atoms with Crippen LogP contribution >= 0.6 is 11.6 Å². The molecule has 0 radical (unpaired) electrons. The summed E-state index contributed by atoms with van der Waals surface area (Å²) in [6.07, 6.45) is 1.33. The molecule has 0 aliphatic rings. The molecule has 1 unspecified atom stereocenters. The van der Waals surface area contributed by atoms with Gasteiger partial charge in [-0.25, -0.2) is 0 Å². The van der Waals surface area contributed by atoms with E-state index in [2.05, 4.69) is 5.32 Å². The largest absolute Gasteiger partial charge is 0.458 e. The van der Waals surface area contributed by atoms with E-state index in [9.17, 15) is 4.79 Å². The normalized spacial score (nSPS) is 12.5. The summed E-state index contributed by atoms with van der Waals surface area (Å²) in [5, 5.41) is 11.4. The molecule has 1 aromatic heterocycles. The Balaban J connectivity index is 2.64. The lowest BCUT2D eigenvalue weighted by Gasteiger charge is -2.08. The van der Waals surface area contributed by atoms with Gasteiger partial charge in [0.25, 0.3) is 5.91 Å². The maximum Gasteiger partial charge on any atom is 0.288 e. The highest BCUT2D eigenvalue weighted by Gasteiger charge is 2.15. The van der Waals surface area contributed by atoms with Crippen LogP contribution in [0.15, 0.2) is 16.7 Å². The number of rotatable bonds is 3. The molecule has 0 bridgehead atoms. The van der Waals surface area contributed by atoms with Gasteiger partial charge in [-0.05, 0) is 13.0 Å². The highest BCUT2D eigenvalue weighted by atomic mass is 35.5. The standard InChI is InChI=1S/C8H10ClNO3/c1-5(4-11)10-8(12)7-6(9)2-3-13-7/h2-3,5,11H,4H2,1H3,(H,10,12). The molecule has 13 heavy (non-hydrogen) atoms. The molecular weight excluding hydrogens is 194 g/mol. The van der Waals surface area contributed by atoms with Crippen LogP contribution in [0.25, 0.3) is 0 Å². The van der Waals surface area contributed by atoms with Gasteiger partial charge >= 0.3 is 0 Å². The van der Waals surface area contributed by atoms with E-state index in [1.807, 2.05) is 0 Å². The summed E-state index contributed by atoms with van der Waals surface area (Å²) in [6, 6.07) is 1.17. The van der Waals surface area contributed by atoms with Crippen LogP contribution in [0.5, 0.6) is 0 Å². The van der Waals surface area contributed by atoms with Gasteiger partial charge in [-0.3, -0.25) is 4.79 Å². The molecule has 0 aliphatic carbocycles. The monoisotopic (exact) mass is 203 g/mol. The third-order valence-corrected chi connectivity index (χ3v) is 1.77. The first-order chi connectivity index (χ1) is 6.15. The van der Waals surface area contributed by atoms with Crippen molar-refractivity contribution in [3.8, 4) is 0 Å². The van der Waals surface area contributed by atoms with Gasteiger partial charge in [-0.15, -0.1) is 0 Å². The molecule has 1 heterocycles. The third kappa shape index (κ3) is 2.47. The molecule has 0 spiro atoms. The molecule has 0 saturated carbocycles. The van der Waals surface area contributed by atoms with Crippen LogP contribution in [-0.4, -0.2) is 23.7 Å². The van der Waals surface area contributed by atoms with E-state index in [-0.39, 0.29) is 23.4 Å². The van der Waals surface area contributed by atoms with Crippen molar-refractivity contribution in [3.63, 3.8) is 0 Å². The highest BCUT2D eigenvalue weighted by Crippen LogP contribution is 2.16. The summed E-state index contributed by atoms with van der Waals surface area (Å²) in [5.74, 6) is -0.349. The second-order valence-corrected chi connectivity index (χ2v) is 3.06. The Hall–Kier alpha value is -1.00. The number of halogens is 1. The number of aliphatic hydroxyl groups is 1. The number of nitrogens with one attached hydrogen (secondary N) is 1. The molecule has 5 heteroatoms. The van der Waals surface area contributed by atoms with E-state index in [0.717, 1.165) is 0 Å². The van der Waals surface area contributed by atoms with E-state index >= 15 is 0 Å². The van der Waals surface area contributed by atoms with Crippen LogP contribution in [-0.2, 0) is 0 Å². The summed E-state index contributed by atoms with van der Waals surface area (Å²) >= 11 is 5.64. The van der Waals surface area contributed by atoms with Crippen LogP contribution in [0.1, 0.15) is 17.5 Å². The highest BCUT2D eigenvalue weighted by molar-refractivity contribution is 6.33. The van der Waals surface area contributed by atoms with Gasteiger partial charge in [0.1, 0.15) is 0 Å². The van der Waals surface area contributed by atoms with E-state index in [1.54, 1.807) is 6.92 Å². The van der Waals surface area contributed by atoms with Crippen LogP contribution in [0, 0.1) is 0 Å². The van der Waals surface area contributed by atoms with Crippen LogP contribution < -0.4 is 5.32 Å². The minimum atomic E-state index is -0.420. The summed E-state index contributed by atoms with van der Waals surface area (Å²) in [7, 11) is 0. The second-order valence-electron chi connectivity index (χ2n) is 2.65. The fraction of sp³-hybridized carbons (Fsp3) is 0.375. The zero-order valence-corrected chi connectivity index (χ0v) is 7.84. The van der Waals surface area contributed by atoms with Crippen LogP contribution in [0.3, 0.4) is 0 Å². The first-order valence-corrected chi connectivity index (χ1v) is 4.17. The van der Waals surface area contributed by atoms with Gasteiger partial charge in [-0.2, -0.15) is 0 Å². The summed E-state index contributed by atoms with van der Waals surface area (Å²) in [4.78, 5) is 11.3. The third-order valence-electron chi connectivity index (χ3n) is 1.47. The zero-order valence-electron chi connectivity index (χ0n) is 7.08. The molecule has 4 nitrogen and oxygen atoms in total. The van der Waals surface area contributed by atoms with Crippen molar-refractivity contribution in [2.24, 2.45) is 0 Å². The van der Waals surface area contributed by atoms with Gasteiger partial charge in [0.05, 0.1) is 17.9 Å². The van der Waals surface area contributed by atoms with Crippen molar-refractivity contribution in [2.75, 3.05) is 6.61 Å².